The van der Waals surface area contributed by atoms with Crippen LogP contribution in [0, 0.1) is 5.92 Å². The number of aromatic nitrogens is 4. The molecule has 5 nitrogen and oxygen atoms in total. The Hall–Kier alpha value is -1.91. The minimum absolute atomic E-state index is 0.0818. The van der Waals surface area contributed by atoms with Crippen LogP contribution in [-0.4, -0.2) is 19.3 Å². The van der Waals surface area contributed by atoms with E-state index >= 15 is 0 Å². The highest BCUT2D eigenvalue weighted by atomic mass is 16.1. The number of hydrogen-bond donors (Lipinski definition) is 0. The molecule has 2 aromatic heterocycles. The summed E-state index contributed by atoms with van der Waals surface area (Å²) in [6, 6.07) is 2.04. The van der Waals surface area contributed by atoms with Gasteiger partial charge in [0.25, 0.3) is 5.56 Å². The summed E-state index contributed by atoms with van der Waals surface area (Å²) in [5.41, 5.74) is 1.93. The van der Waals surface area contributed by atoms with E-state index in [-0.39, 0.29) is 5.56 Å². The summed E-state index contributed by atoms with van der Waals surface area (Å²) < 4.78 is 3.40. The Kier molecular flexibility index (Phi) is 4.37. The fourth-order valence-corrected chi connectivity index (χ4v) is 2.20. The van der Waals surface area contributed by atoms with Crippen molar-refractivity contribution in [1.82, 2.24) is 19.3 Å². The lowest BCUT2D eigenvalue weighted by atomic mass is 10.2. The average Bonchev–Trinajstić information content (AvgIpc) is 2.84. The van der Waals surface area contributed by atoms with Crippen LogP contribution in [-0.2, 0) is 19.4 Å². The Labute approximate surface area is 119 Å². The third-order valence-corrected chi connectivity index (χ3v) is 3.22. The zero-order chi connectivity index (χ0) is 14.7. The van der Waals surface area contributed by atoms with E-state index in [2.05, 4.69) is 37.8 Å². The summed E-state index contributed by atoms with van der Waals surface area (Å²) in [5, 5.41) is 4.49. The maximum Gasteiger partial charge on any atom is 0.295 e. The first-order valence-electron chi connectivity index (χ1n) is 7.20. The molecule has 0 bridgehead atoms. The summed E-state index contributed by atoms with van der Waals surface area (Å²) in [5.74, 6) is 0.808. The van der Waals surface area contributed by atoms with Crippen molar-refractivity contribution in [1.29, 1.82) is 0 Å². The van der Waals surface area contributed by atoms with E-state index in [1.54, 1.807) is 21.6 Å². The van der Waals surface area contributed by atoms with Crippen molar-refractivity contribution in [2.75, 3.05) is 0 Å². The van der Waals surface area contributed by atoms with Crippen molar-refractivity contribution in [3.63, 3.8) is 0 Å². The second-order valence-corrected chi connectivity index (χ2v) is 5.35. The van der Waals surface area contributed by atoms with Gasteiger partial charge in [-0.15, -0.1) is 0 Å². The molecule has 0 N–H and O–H groups in total. The Morgan fingerprint density at radius 3 is 2.60 bits per heavy atom. The van der Waals surface area contributed by atoms with Crippen molar-refractivity contribution in [2.45, 2.75) is 47.1 Å². The highest BCUT2D eigenvalue weighted by Crippen LogP contribution is 2.09. The van der Waals surface area contributed by atoms with E-state index in [4.69, 9.17) is 0 Å². The Morgan fingerprint density at radius 2 is 2.00 bits per heavy atom. The molecule has 2 aromatic rings. The largest absolute Gasteiger partial charge is 0.310 e. The molecule has 0 saturated carbocycles. The number of nitrogens with zero attached hydrogens (tertiary/aromatic N) is 4. The molecule has 0 radical (unpaired) electrons. The van der Waals surface area contributed by atoms with Gasteiger partial charge in [0, 0.05) is 24.6 Å². The Morgan fingerprint density at radius 1 is 1.25 bits per heavy atom. The van der Waals surface area contributed by atoms with E-state index in [1.807, 2.05) is 6.07 Å². The Balaban J connectivity index is 2.53. The topological polar surface area (TPSA) is 52.7 Å². The first kappa shape index (κ1) is 14.5. The molecule has 0 saturated heterocycles. The van der Waals surface area contributed by atoms with Crippen LogP contribution in [0.15, 0.2) is 23.3 Å². The van der Waals surface area contributed by atoms with E-state index in [0.29, 0.717) is 18.3 Å². The minimum Gasteiger partial charge on any atom is -0.310 e. The normalized spacial score (nSPS) is 11.2. The van der Waals surface area contributed by atoms with E-state index in [0.717, 1.165) is 24.2 Å². The van der Waals surface area contributed by atoms with Crippen molar-refractivity contribution in [3.8, 4) is 5.82 Å². The van der Waals surface area contributed by atoms with E-state index in [1.165, 1.54) is 0 Å². The molecule has 0 aromatic carbocycles. The molecular weight excluding hydrogens is 252 g/mol. The van der Waals surface area contributed by atoms with Gasteiger partial charge in [-0.1, -0.05) is 27.7 Å². The summed E-state index contributed by atoms with van der Waals surface area (Å²) in [4.78, 5) is 16.8. The third kappa shape index (κ3) is 2.81. The second kappa shape index (κ2) is 6.03. The number of rotatable bonds is 5. The Bertz CT molecular complexity index is 640. The zero-order valence-corrected chi connectivity index (χ0v) is 12.6. The second-order valence-electron chi connectivity index (χ2n) is 5.35. The van der Waals surface area contributed by atoms with Gasteiger partial charge in [-0.2, -0.15) is 5.10 Å². The van der Waals surface area contributed by atoms with Crippen molar-refractivity contribution < 1.29 is 0 Å². The predicted molar refractivity (Wildman–Crippen MR) is 79.2 cm³/mol. The molecule has 0 aliphatic rings. The fourth-order valence-electron chi connectivity index (χ4n) is 2.20. The molecule has 0 unspecified atom stereocenters. The molecule has 2 rings (SSSR count). The van der Waals surface area contributed by atoms with E-state index in [9.17, 15) is 4.79 Å². The van der Waals surface area contributed by atoms with E-state index < -0.39 is 0 Å². The summed E-state index contributed by atoms with van der Waals surface area (Å²) in [7, 11) is 0. The monoisotopic (exact) mass is 274 g/mol. The predicted octanol–water partition coefficient (Wildman–Crippen LogP) is 2.21. The van der Waals surface area contributed by atoms with Crippen LogP contribution >= 0.6 is 0 Å². The molecular formula is C15H22N4O. The number of aryl methyl sites for hydroxylation is 2. The van der Waals surface area contributed by atoms with Gasteiger partial charge >= 0.3 is 0 Å². The first-order valence-corrected chi connectivity index (χ1v) is 7.20. The van der Waals surface area contributed by atoms with Crippen LogP contribution in [0.4, 0.5) is 0 Å². The lowest BCUT2D eigenvalue weighted by molar-refractivity contribution is 0.505. The van der Waals surface area contributed by atoms with Crippen LogP contribution in [0.25, 0.3) is 5.82 Å². The summed E-state index contributed by atoms with van der Waals surface area (Å²) in [6.45, 7) is 8.99. The smallest absolute Gasteiger partial charge is 0.295 e. The molecule has 2 heterocycles. The van der Waals surface area contributed by atoms with Crippen LogP contribution < -0.4 is 5.56 Å². The van der Waals surface area contributed by atoms with Crippen molar-refractivity contribution >= 4 is 0 Å². The van der Waals surface area contributed by atoms with Gasteiger partial charge in [-0.05, 0) is 24.8 Å². The fraction of sp³-hybridized carbons (Fsp3) is 0.533. The zero-order valence-electron chi connectivity index (χ0n) is 12.6. The standard InChI is InChI=1S/C15H22N4O/c1-5-12-9-13(6-2)19(17-12)14-15(20)18(8-7-16-14)10-11(3)4/h7-9,11H,5-6,10H2,1-4H3. The van der Waals surface area contributed by atoms with Gasteiger partial charge < -0.3 is 4.57 Å². The quantitative estimate of drug-likeness (QED) is 0.840. The minimum atomic E-state index is -0.0818. The molecule has 0 amide bonds. The molecule has 108 valence electrons. The van der Waals surface area contributed by atoms with Crippen LogP contribution in [0.1, 0.15) is 39.1 Å². The van der Waals surface area contributed by atoms with Gasteiger partial charge in [-0.25, -0.2) is 9.67 Å². The van der Waals surface area contributed by atoms with Gasteiger partial charge in [0.2, 0.25) is 5.82 Å². The molecule has 0 atom stereocenters. The maximum atomic E-state index is 12.5. The number of hydrogen-bond acceptors (Lipinski definition) is 3. The van der Waals surface area contributed by atoms with Gasteiger partial charge in [0.15, 0.2) is 0 Å². The molecule has 20 heavy (non-hydrogen) atoms. The third-order valence-electron chi connectivity index (χ3n) is 3.22. The molecule has 0 fully saturated rings. The lowest BCUT2D eigenvalue weighted by Gasteiger charge is -2.10. The molecule has 0 aliphatic heterocycles. The first-order chi connectivity index (χ1) is 9.56. The van der Waals surface area contributed by atoms with Crippen molar-refractivity contribution in [3.05, 3.63) is 40.2 Å². The molecule has 0 aliphatic carbocycles. The average molecular weight is 274 g/mol. The van der Waals surface area contributed by atoms with Gasteiger partial charge in [0.1, 0.15) is 0 Å². The van der Waals surface area contributed by atoms with Crippen LogP contribution in [0.5, 0.6) is 0 Å². The van der Waals surface area contributed by atoms with Gasteiger partial charge in [-0.3, -0.25) is 4.79 Å². The van der Waals surface area contributed by atoms with Gasteiger partial charge in [0.05, 0.1) is 5.69 Å². The lowest BCUT2D eigenvalue weighted by Crippen LogP contribution is -2.28. The molecule has 0 spiro atoms. The SMILES string of the molecule is CCc1cc(CC)n(-c2nccn(CC(C)C)c2=O)n1. The maximum absolute atomic E-state index is 12.5. The van der Waals surface area contributed by atoms with Crippen LogP contribution in [0.3, 0.4) is 0 Å². The van der Waals surface area contributed by atoms with Crippen LogP contribution in [0.2, 0.25) is 0 Å². The summed E-state index contributed by atoms with van der Waals surface area (Å²) >= 11 is 0. The highest BCUT2D eigenvalue weighted by molar-refractivity contribution is 5.24. The molecule has 5 heteroatoms. The highest BCUT2D eigenvalue weighted by Gasteiger charge is 2.13. The summed E-state index contributed by atoms with van der Waals surface area (Å²) in [6.07, 6.45) is 5.09. The van der Waals surface area contributed by atoms with Crippen molar-refractivity contribution in [2.24, 2.45) is 5.92 Å².